The zero-order valence-electron chi connectivity index (χ0n) is 11.4. The van der Waals surface area contributed by atoms with Gasteiger partial charge in [-0.05, 0) is 52.9 Å². The molecule has 120 valence electrons. The number of nitrogens with one attached hydrogen (secondary N) is 1. The fourth-order valence-electron chi connectivity index (χ4n) is 2.25. The van der Waals surface area contributed by atoms with E-state index in [1.165, 1.54) is 6.07 Å². The summed E-state index contributed by atoms with van der Waals surface area (Å²) in [7, 11) is 0. The molecule has 2 aromatic heterocycles. The molecule has 0 radical (unpaired) electrons. The van der Waals surface area contributed by atoms with Crippen molar-refractivity contribution in [2.75, 3.05) is 0 Å². The Hall–Kier alpha value is -1.55. The molecule has 3 aromatic rings. The van der Waals surface area contributed by atoms with Gasteiger partial charge < -0.3 is 10.1 Å². The largest absolute Gasteiger partial charge is 0.507 e. The molecule has 0 spiro atoms. The molecule has 2 heterocycles. The molecule has 3 rings (SSSR count). The molecular formula is C15H9F3INO2S. The molecule has 0 atom stereocenters. The Morgan fingerprint density at radius 3 is 2.61 bits per heavy atom. The average Bonchev–Trinajstić information content (AvgIpc) is 2.93. The van der Waals surface area contributed by atoms with Gasteiger partial charge >= 0.3 is 6.18 Å². The van der Waals surface area contributed by atoms with Crippen LogP contribution in [0.3, 0.4) is 0 Å². The van der Waals surface area contributed by atoms with Crippen molar-refractivity contribution in [1.29, 1.82) is 0 Å². The number of aromatic amines is 1. The number of alkyl halides is 3. The topological polar surface area (TPSA) is 53.1 Å². The van der Waals surface area contributed by atoms with Crippen LogP contribution in [0.2, 0.25) is 0 Å². The lowest BCUT2D eigenvalue weighted by Gasteiger charge is -2.07. The zero-order chi connectivity index (χ0) is 16.8. The minimum absolute atomic E-state index is 0.0523. The van der Waals surface area contributed by atoms with Crippen molar-refractivity contribution in [3.05, 3.63) is 59.6 Å². The van der Waals surface area contributed by atoms with E-state index in [1.807, 2.05) is 0 Å². The summed E-state index contributed by atoms with van der Waals surface area (Å²) in [6.45, 7) is 0. The SMILES string of the molecule is O=c1[nH]c2ccc(I)cc2c(O)c1Cc1ccc(C(F)(F)F)s1. The molecule has 0 amide bonds. The maximum absolute atomic E-state index is 12.6. The molecule has 8 heteroatoms. The van der Waals surface area contributed by atoms with Gasteiger partial charge in [-0.15, -0.1) is 11.3 Å². The molecule has 1 aromatic carbocycles. The fraction of sp³-hybridized carbons (Fsp3) is 0.133. The highest BCUT2D eigenvalue weighted by Crippen LogP contribution is 2.36. The fourth-order valence-corrected chi connectivity index (χ4v) is 3.63. The van der Waals surface area contributed by atoms with Gasteiger partial charge in [0.15, 0.2) is 0 Å². The Balaban J connectivity index is 2.06. The van der Waals surface area contributed by atoms with Crippen molar-refractivity contribution < 1.29 is 18.3 Å². The van der Waals surface area contributed by atoms with E-state index in [-0.39, 0.29) is 17.7 Å². The van der Waals surface area contributed by atoms with Crippen molar-refractivity contribution in [3.63, 3.8) is 0 Å². The predicted octanol–water partition coefficient (Wildman–Crippen LogP) is 4.51. The third kappa shape index (κ3) is 3.23. The van der Waals surface area contributed by atoms with Crippen LogP contribution in [0.1, 0.15) is 15.3 Å². The number of hydrogen-bond acceptors (Lipinski definition) is 3. The van der Waals surface area contributed by atoms with Crippen molar-refractivity contribution in [2.24, 2.45) is 0 Å². The summed E-state index contributed by atoms with van der Waals surface area (Å²) in [6, 6.07) is 7.47. The average molecular weight is 451 g/mol. The van der Waals surface area contributed by atoms with E-state index >= 15 is 0 Å². The van der Waals surface area contributed by atoms with Crippen LogP contribution in [0, 0.1) is 3.57 Å². The van der Waals surface area contributed by atoms with Crippen LogP contribution in [0.5, 0.6) is 5.75 Å². The first-order valence-electron chi connectivity index (χ1n) is 6.45. The molecule has 0 unspecified atom stereocenters. The Morgan fingerprint density at radius 1 is 1.22 bits per heavy atom. The third-order valence-electron chi connectivity index (χ3n) is 3.34. The van der Waals surface area contributed by atoms with Crippen LogP contribution in [-0.2, 0) is 12.6 Å². The van der Waals surface area contributed by atoms with Gasteiger partial charge in [0.1, 0.15) is 10.6 Å². The standard InChI is InChI=1S/C15H9F3INO2S/c16-15(17,18)12-4-2-8(23-12)6-10-13(21)9-5-7(19)1-3-11(9)20-14(10)22/h1-5H,6H2,(H2,20,21,22). The summed E-state index contributed by atoms with van der Waals surface area (Å²) in [5.41, 5.74) is 0.0482. The molecule has 0 saturated heterocycles. The normalized spacial score (nSPS) is 12.0. The number of rotatable bonds is 2. The van der Waals surface area contributed by atoms with Crippen molar-refractivity contribution in [3.8, 4) is 5.75 Å². The third-order valence-corrected chi connectivity index (χ3v) is 5.14. The molecule has 0 aliphatic rings. The highest BCUT2D eigenvalue weighted by molar-refractivity contribution is 14.1. The summed E-state index contributed by atoms with van der Waals surface area (Å²) in [6.07, 6.45) is -4.46. The van der Waals surface area contributed by atoms with E-state index in [0.29, 0.717) is 27.1 Å². The van der Waals surface area contributed by atoms with E-state index < -0.39 is 16.6 Å². The molecule has 0 fully saturated rings. The van der Waals surface area contributed by atoms with Crippen molar-refractivity contribution >= 4 is 44.8 Å². The minimum Gasteiger partial charge on any atom is -0.507 e. The van der Waals surface area contributed by atoms with Crippen molar-refractivity contribution in [1.82, 2.24) is 4.98 Å². The lowest BCUT2D eigenvalue weighted by atomic mass is 10.1. The molecule has 0 aliphatic heterocycles. The van der Waals surface area contributed by atoms with Gasteiger partial charge in [0.25, 0.3) is 5.56 Å². The smallest absolute Gasteiger partial charge is 0.425 e. The zero-order valence-corrected chi connectivity index (χ0v) is 14.3. The van der Waals surface area contributed by atoms with Crippen LogP contribution < -0.4 is 5.56 Å². The Labute approximate surface area is 145 Å². The number of aromatic nitrogens is 1. The predicted molar refractivity (Wildman–Crippen MR) is 91.1 cm³/mol. The quantitative estimate of drug-likeness (QED) is 0.564. The molecular weight excluding hydrogens is 442 g/mol. The van der Waals surface area contributed by atoms with Crippen LogP contribution >= 0.6 is 33.9 Å². The highest BCUT2D eigenvalue weighted by Gasteiger charge is 2.32. The highest BCUT2D eigenvalue weighted by atomic mass is 127. The van der Waals surface area contributed by atoms with Crippen LogP contribution in [-0.4, -0.2) is 10.1 Å². The van der Waals surface area contributed by atoms with E-state index in [1.54, 1.807) is 18.2 Å². The lowest BCUT2D eigenvalue weighted by molar-refractivity contribution is -0.134. The number of hydrogen-bond donors (Lipinski definition) is 2. The summed E-state index contributed by atoms with van der Waals surface area (Å²) >= 11 is 2.64. The second-order valence-electron chi connectivity index (χ2n) is 4.91. The molecule has 3 nitrogen and oxygen atoms in total. The second-order valence-corrected chi connectivity index (χ2v) is 7.33. The number of halogens is 4. The van der Waals surface area contributed by atoms with Gasteiger partial charge in [0.2, 0.25) is 0 Å². The van der Waals surface area contributed by atoms with Gasteiger partial charge in [0, 0.05) is 20.3 Å². The molecule has 0 saturated carbocycles. The van der Waals surface area contributed by atoms with Gasteiger partial charge in [-0.2, -0.15) is 13.2 Å². The first-order chi connectivity index (χ1) is 10.8. The lowest BCUT2D eigenvalue weighted by Crippen LogP contribution is -2.13. The van der Waals surface area contributed by atoms with Crippen LogP contribution in [0.4, 0.5) is 13.2 Å². The number of fused-ring (bicyclic) bond motifs is 1. The summed E-state index contributed by atoms with van der Waals surface area (Å²) in [5.74, 6) is -0.191. The molecule has 0 aliphatic carbocycles. The minimum atomic E-state index is -4.41. The molecule has 0 bridgehead atoms. The van der Waals surface area contributed by atoms with Crippen LogP contribution in [0.15, 0.2) is 35.1 Å². The number of H-pyrrole nitrogens is 1. The summed E-state index contributed by atoms with van der Waals surface area (Å²) < 4.78 is 38.8. The summed E-state index contributed by atoms with van der Waals surface area (Å²) in [4.78, 5) is 14.4. The van der Waals surface area contributed by atoms with Gasteiger partial charge in [-0.1, -0.05) is 0 Å². The van der Waals surface area contributed by atoms with E-state index in [9.17, 15) is 23.1 Å². The second kappa shape index (κ2) is 5.82. The number of pyridine rings is 1. The van der Waals surface area contributed by atoms with Crippen molar-refractivity contribution in [2.45, 2.75) is 12.6 Å². The van der Waals surface area contributed by atoms with Gasteiger partial charge in [-0.3, -0.25) is 4.79 Å². The number of aromatic hydroxyl groups is 1. The maximum atomic E-state index is 12.6. The maximum Gasteiger partial charge on any atom is 0.425 e. The van der Waals surface area contributed by atoms with E-state index in [2.05, 4.69) is 27.6 Å². The first-order valence-corrected chi connectivity index (χ1v) is 8.34. The monoisotopic (exact) mass is 451 g/mol. The Morgan fingerprint density at radius 2 is 1.96 bits per heavy atom. The number of thiophene rings is 1. The van der Waals surface area contributed by atoms with Gasteiger partial charge in [0.05, 0.1) is 11.1 Å². The molecule has 2 N–H and O–H groups in total. The number of benzene rings is 1. The Kier molecular flexibility index (Phi) is 4.13. The van der Waals surface area contributed by atoms with E-state index in [4.69, 9.17) is 0 Å². The Bertz CT molecular complexity index is 946. The van der Waals surface area contributed by atoms with E-state index in [0.717, 1.165) is 9.64 Å². The summed E-state index contributed by atoms with van der Waals surface area (Å²) in [5, 5.41) is 10.8. The van der Waals surface area contributed by atoms with Crippen LogP contribution in [0.25, 0.3) is 10.9 Å². The first kappa shape index (κ1) is 16.3. The molecule has 23 heavy (non-hydrogen) atoms. The van der Waals surface area contributed by atoms with Gasteiger partial charge in [-0.25, -0.2) is 0 Å².